The van der Waals surface area contributed by atoms with Crippen LogP contribution in [0.5, 0.6) is 5.75 Å². The molecular weight excluding hydrogens is 302 g/mol. The van der Waals surface area contributed by atoms with Crippen LogP contribution < -0.4 is 5.32 Å². The van der Waals surface area contributed by atoms with Gasteiger partial charge in [-0.15, -0.1) is 0 Å². The minimum atomic E-state index is -1.22. The van der Waals surface area contributed by atoms with Crippen molar-refractivity contribution in [3.05, 3.63) is 23.8 Å². The van der Waals surface area contributed by atoms with Crippen LogP contribution in [0.15, 0.2) is 18.2 Å². The zero-order valence-corrected chi connectivity index (χ0v) is 12.6. The van der Waals surface area contributed by atoms with Gasteiger partial charge in [-0.25, -0.2) is 4.79 Å². The molecule has 1 saturated carbocycles. The lowest BCUT2D eigenvalue weighted by Gasteiger charge is -2.38. The highest BCUT2D eigenvalue weighted by Crippen LogP contribution is 2.41. The van der Waals surface area contributed by atoms with Crippen molar-refractivity contribution in [1.29, 1.82) is 0 Å². The van der Waals surface area contributed by atoms with Gasteiger partial charge in [0.05, 0.1) is 19.1 Å². The molecule has 3 N–H and O–H groups in total. The maximum absolute atomic E-state index is 12.6. The van der Waals surface area contributed by atoms with E-state index < -0.39 is 17.7 Å². The van der Waals surface area contributed by atoms with Gasteiger partial charge in [0.25, 0.3) is 0 Å². The van der Waals surface area contributed by atoms with E-state index >= 15 is 0 Å². The lowest BCUT2D eigenvalue weighted by Crippen LogP contribution is -2.47. The molecule has 1 unspecified atom stereocenters. The van der Waals surface area contributed by atoms with E-state index in [4.69, 9.17) is 14.6 Å². The number of carbonyl (C=O) groups excluding carboxylic acids is 1. The predicted molar refractivity (Wildman–Crippen MR) is 80.3 cm³/mol. The molecule has 1 aromatic rings. The van der Waals surface area contributed by atoms with Crippen LogP contribution in [0.4, 0.5) is 5.69 Å². The molecule has 1 saturated heterocycles. The number of amides is 1. The number of phenols is 1. The van der Waals surface area contributed by atoms with Crippen LogP contribution in [-0.4, -0.2) is 41.1 Å². The van der Waals surface area contributed by atoms with E-state index in [1.165, 1.54) is 18.2 Å². The summed E-state index contributed by atoms with van der Waals surface area (Å²) in [6.45, 7) is 0.968. The summed E-state index contributed by atoms with van der Waals surface area (Å²) in [5.41, 5.74) is 0.135. The second-order valence-electron chi connectivity index (χ2n) is 5.83. The fourth-order valence-corrected chi connectivity index (χ4v) is 3.28. The Hall–Kier alpha value is -2.12. The smallest absolute Gasteiger partial charge is 0.339 e. The van der Waals surface area contributed by atoms with Gasteiger partial charge in [-0.05, 0) is 25.0 Å². The van der Waals surface area contributed by atoms with Crippen LogP contribution in [0.1, 0.15) is 36.0 Å². The molecule has 0 radical (unpaired) electrons. The summed E-state index contributed by atoms with van der Waals surface area (Å²) >= 11 is 0. The lowest BCUT2D eigenvalue weighted by atomic mass is 9.82. The number of ether oxygens (including phenoxy) is 2. The summed E-state index contributed by atoms with van der Waals surface area (Å²) in [7, 11) is 0. The molecule has 0 aromatic heterocycles. The van der Waals surface area contributed by atoms with Crippen LogP contribution in [0.2, 0.25) is 0 Å². The Balaban J connectivity index is 1.75. The van der Waals surface area contributed by atoms with E-state index in [0.717, 1.165) is 12.8 Å². The predicted octanol–water partition coefficient (Wildman–Crippen LogP) is 1.96. The highest BCUT2D eigenvalue weighted by molar-refractivity contribution is 5.95. The SMILES string of the molecule is O=C(O)c1ccc(NC(=O)C2CCCCC23OCCO3)cc1O. The third-order valence-electron chi connectivity index (χ3n) is 4.39. The molecule has 7 heteroatoms. The Kier molecular flexibility index (Phi) is 4.23. The quantitative estimate of drug-likeness (QED) is 0.786. The average Bonchev–Trinajstić information content (AvgIpc) is 2.96. The Labute approximate surface area is 133 Å². The van der Waals surface area contributed by atoms with Crippen LogP contribution in [-0.2, 0) is 14.3 Å². The molecule has 1 aromatic carbocycles. The average molecular weight is 321 g/mol. The fourth-order valence-electron chi connectivity index (χ4n) is 3.28. The summed E-state index contributed by atoms with van der Waals surface area (Å²) in [6.07, 6.45) is 3.24. The molecule has 2 fully saturated rings. The summed E-state index contributed by atoms with van der Waals surface area (Å²) < 4.78 is 11.4. The first kappa shape index (κ1) is 15.8. The molecule has 2 aliphatic rings. The van der Waals surface area contributed by atoms with Crippen LogP contribution >= 0.6 is 0 Å². The second kappa shape index (κ2) is 6.17. The summed E-state index contributed by atoms with van der Waals surface area (Å²) in [6, 6.07) is 3.94. The standard InChI is InChI=1S/C16H19NO6/c18-13-9-10(4-5-11(13)15(20)21)17-14(19)12-3-1-2-6-16(12)22-7-8-23-16/h4-5,9,12,18H,1-3,6-8H2,(H,17,19)(H,20,21). The molecule has 23 heavy (non-hydrogen) atoms. The van der Waals surface area contributed by atoms with Crippen molar-refractivity contribution in [1.82, 2.24) is 0 Å². The highest BCUT2D eigenvalue weighted by Gasteiger charge is 2.49. The van der Waals surface area contributed by atoms with E-state index in [1.807, 2.05) is 0 Å². The monoisotopic (exact) mass is 321 g/mol. The van der Waals surface area contributed by atoms with Crippen LogP contribution in [0.3, 0.4) is 0 Å². The molecule has 3 rings (SSSR count). The van der Waals surface area contributed by atoms with Crippen LogP contribution in [0, 0.1) is 5.92 Å². The first-order chi connectivity index (χ1) is 11.0. The summed E-state index contributed by atoms with van der Waals surface area (Å²) in [4.78, 5) is 23.5. The molecule has 7 nitrogen and oxygen atoms in total. The van der Waals surface area contributed by atoms with Gasteiger partial charge in [-0.1, -0.05) is 6.42 Å². The number of rotatable bonds is 3. The third-order valence-corrected chi connectivity index (χ3v) is 4.39. The first-order valence-electron chi connectivity index (χ1n) is 7.67. The van der Waals surface area contributed by atoms with E-state index in [0.29, 0.717) is 31.7 Å². The fraction of sp³-hybridized carbons (Fsp3) is 0.500. The van der Waals surface area contributed by atoms with Crippen molar-refractivity contribution >= 4 is 17.6 Å². The summed E-state index contributed by atoms with van der Waals surface area (Å²) in [5, 5.41) is 21.3. The van der Waals surface area contributed by atoms with Gasteiger partial charge in [0, 0.05) is 18.2 Å². The lowest BCUT2D eigenvalue weighted by molar-refractivity contribution is -0.210. The van der Waals surface area contributed by atoms with Crippen molar-refractivity contribution in [2.24, 2.45) is 5.92 Å². The Morgan fingerprint density at radius 2 is 1.96 bits per heavy atom. The minimum absolute atomic E-state index is 0.209. The first-order valence-corrected chi connectivity index (χ1v) is 7.67. The number of carbonyl (C=O) groups is 2. The minimum Gasteiger partial charge on any atom is -0.507 e. The molecule has 1 heterocycles. The van der Waals surface area contributed by atoms with Gasteiger partial charge < -0.3 is 25.0 Å². The molecule has 1 aliphatic heterocycles. The highest BCUT2D eigenvalue weighted by atomic mass is 16.7. The van der Waals surface area contributed by atoms with Gasteiger partial charge in [0.2, 0.25) is 5.91 Å². The Morgan fingerprint density at radius 3 is 2.61 bits per heavy atom. The second-order valence-corrected chi connectivity index (χ2v) is 5.83. The normalized spacial score (nSPS) is 22.9. The number of aromatic carboxylic acids is 1. The zero-order valence-electron chi connectivity index (χ0n) is 12.6. The molecule has 1 amide bonds. The van der Waals surface area contributed by atoms with Crippen molar-refractivity contribution in [2.45, 2.75) is 31.5 Å². The van der Waals surface area contributed by atoms with Gasteiger partial charge in [-0.3, -0.25) is 4.79 Å². The number of benzene rings is 1. The maximum Gasteiger partial charge on any atom is 0.339 e. The number of carboxylic acid groups (broad SMARTS) is 1. The Bertz CT molecular complexity index is 623. The van der Waals surface area contributed by atoms with Crippen molar-refractivity contribution in [3.8, 4) is 5.75 Å². The summed E-state index contributed by atoms with van der Waals surface area (Å²) in [5.74, 6) is -3.11. The van der Waals surface area contributed by atoms with Crippen LogP contribution in [0.25, 0.3) is 0 Å². The molecule has 0 bridgehead atoms. The van der Waals surface area contributed by atoms with E-state index in [2.05, 4.69) is 5.32 Å². The van der Waals surface area contributed by atoms with E-state index in [1.54, 1.807) is 0 Å². The number of aromatic hydroxyl groups is 1. The van der Waals surface area contributed by atoms with Gasteiger partial charge in [-0.2, -0.15) is 0 Å². The van der Waals surface area contributed by atoms with Crippen molar-refractivity contribution in [2.75, 3.05) is 18.5 Å². The van der Waals surface area contributed by atoms with Gasteiger partial charge >= 0.3 is 5.97 Å². The topological polar surface area (TPSA) is 105 Å². The number of nitrogens with one attached hydrogen (secondary N) is 1. The molecule has 1 spiro atoms. The van der Waals surface area contributed by atoms with E-state index in [9.17, 15) is 14.7 Å². The van der Waals surface area contributed by atoms with Gasteiger partial charge in [0.1, 0.15) is 11.3 Å². The van der Waals surface area contributed by atoms with Crippen molar-refractivity contribution in [3.63, 3.8) is 0 Å². The maximum atomic E-state index is 12.6. The van der Waals surface area contributed by atoms with Crippen molar-refractivity contribution < 1.29 is 29.3 Å². The molecule has 1 aliphatic carbocycles. The molecule has 1 atom stereocenters. The number of hydrogen-bond donors (Lipinski definition) is 3. The number of carboxylic acids is 1. The zero-order chi connectivity index (χ0) is 16.4. The third kappa shape index (κ3) is 3.02. The largest absolute Gasteiger partial charge is 0.507 e. The molecule has 124 valence electrons. The number of hydrogen-bond acceptors (Lipinski definition) is 5. The van der Waals surface area contributed by atoms with Gasteiger partial charge in [0.15, 0.2) is 5.79 Å². The molecular formula is C16H19NO6. The van der Waals surface area contributed by atoms with E-state index in [-0.39, 0.29) is 17.2 Å². The number of anilines is 1. The Morgan fingerprint density at radius 1 is 1.22 bits per heavy atom.